The first-order valence-electron chi connectivity index (χ1n) is 10.3. The second-order valence-corrected chi connectivity index (χ2v) is 7.09. The number of carbonyl (C=O) groups is 2. The zero-order valence-corrected chi connectivity index (χ0v) is 18.4. The maximum atomic E-state index is 12.8. The Morgan fingerprint density at radius 2 is 1.57 bits per heavy atom. The van der Waals surface area contributed by atoms with Crippen LogP contribution in [0.3, 0.4) is 0 Å². The number of amides is 2. The first kappa shape index (κ1) is 27.7. The smallest absolute Gasteiger partial charge is 0.416 e. The molecular formula is C23H22F6N2O4. The molecule has 0 aliphatic rings. The summed E-state index contributed by atoms with van der Waals surface area (Å²) in [5, 5.41) is 2.37. The third-order valence-electron chi connectivity index (χ3n) is 4.34. The molecular weight excluding hydrogens is 482 g/mol. The molecule has 35 heavy (non-hydrogen) atoms. The summed E-state index contributed by atoms with van der Waals surface area (Å²) in [6.45, 7) is 1.56. The van der Waals surface area contributed by atoms with Gasteiger partial charge in [0.2, 0.25) is 0 Å². The number of nitrogens with one attached hydrogen (secondary N) is 2. The van der Waals surface area contributed by atoms with Gasteiger partial charge in [0.05, 0.1) is 18.8 Å². The average Bonchev–Trinajstić information content (AvgIpc) is 2.79. The Balaban J connectivity index is 2.10. The molecule has 0 unspecified atom stereocenters. The summed E-state index contributed by atoms with van der Waals surface area (Å²) in [4.78, 5) is 29.8. The van der Waals surface area contributed by atoms with Crippen LogP contribution in [0.1, 0.15) is 41.3 Å². The van der Waals surface area contributed by atoms with Crippen molar-refractivity contribution >= 4 is 17.9 Å². The fourth-order valence-electron chi connectivity index (χ4n) is 2.65. The van der Waals surface area contributed by atoms with Crippen LogP contribution in [0.4, 0.5) is 26.3 Å². The normalized spacial score (nSPS) is 12.3. The van der Waals surface area contributed by atoms with Gasteiger partial charge in [0, 0.05) is 12.0 Å². The van der Waals surface area contributed by atoms with E-state index in [1.807, 2.05) is 0 Å². The lowest BCUT2D eigenvalue weighted by Crippen LogP contribution is -2.35. The van der Waals surface area contributed by atoms with Crippen molar-refractivity contribution in [3.8, 4) is 5.75 Å². The Morgan fingerprint density at radius 3 is 2.11 bits per heavy atom. The number of rotatable bonds is 10. The molecule has 0 atom stereocenters. The Kier molecular flexibility index (Phi) is 9.69. The largest absolute Gasteiger partial charge is 0.494 e. The van der Waals surface area contributed by atoms with Crippen molar-refractivity contribution in [2.24, 2.45) is 0 Å². The lowest BCUT2D eigenvalue weighted by Gasteiger charge is -2.12. The molecule has 0 spiro atoms. The third-order valence-corrected chi connectivity index (χ3v) is 4.34. The van der Waals surface area contributed by atoms with Crippen LogP contribution in [0.25, 0.3) is 6.08 Å². The highest BCUT2D eigenvalue weighted by Crippen LogP contribution is 2.29. The van der Waals surface area contributed by atoms with E-state index < -0.39 is 36.2 Å². The SMILES string of the molecule is CCONC(=O)C(=Cc1ccc(C(F)(F)F)cc1)NC(=O)c1ccc(OCCCC(F)(F)F)cc1. The second-order valence-electron chi connectivity index (χ2n) is 7.09. The molecule has 6 nitrogen and oxygen atoms in total. The summed E-state index contributed by atoms with van der Waals surface area (Å²) in [5.74, 6) is -1.32. The van der Waals surface area contributed by atoms with Crippen molar-refractivity contribution in [1.82, 2.24) is 10.8 Å². The molecule has 0 bridgehead atoms. The van der Waals surface area contributed by atoms with Gasteiger partial charge in [-0.1, -0.05) is 12.1 Å². The van der Waals surface area contributed by atoms with Gasteiger partial charge in [-0.05, 0) is 61.4 Å². The molecule has 2 aromatic rings. The van der Waals surface area contributed by atoms with Crippen LogP contribution in [0.5, 0.6) is 5.75 Å². The Morgan fingerprint density at radius 1 is 0.943 bits per heavy atom. The number of benzene rings is 2. The molecule has 2 N–H and O–H groups in total. The van der Waals surface area contributed by atoms with Crippen molar-refractivity contribution < 1.29 is 45.5 Å². The highest BCUT2D eigenvalue weighted by molar-refractivity contribution is 6.05. The van der Waals surface area contributed by atoms with Gasteiger partial charge in [-0.2, -0.15) is 26.3 Å². The van der Waals surface area contributed by atoms with Gasteiger partial charge >= 0.3 is 12.4 Å². The van der Waals surface area contributed by atoms with Gasteiger partial charge in [-0.25, -0.2) is 5.48 Å². The average molecular weight is 504 g/mol. The summed E-state index contributed by atoms with van der Waals surface area (Å²) in [6, 6.07) is 9.36. The van der Waals surface area contributed by atoms with Crippen LogP contribution in [0, 0.1) is 0 Å². The molecule has 2 amide bonds. The maximum Gasteiger partial charge on any atom is 0.416 e. The molecule has 0 aliphatic heterocycles. The Bertz CT molecular complexity index is 1020. The van der Waals surface area contributed by atoms with Gasteiger partial charge in [-0.3, -0.25) is 14.4 Å². The summed E-state index contributed by atoms with van der Waals surface area (Å²) in [5.41, 5.74) is 1.22. The summed E-state index contributed by atoms with van der Waals surface area (Å²) in [7, 11) is 0. The van der Waals surface area contributed by atoms with E-state index in [4.69, 9.17) is 9.57 Å². The van der Waals surface area contributed by atoms with E-state index in [0.717, 1.165) is 24.3 Å². The summed E-state index contributed by atoms with van der Waals surface area (Å²) < 4.78 is 80.0. The molecule has 0 fully saturated rings. The monoisotopic (exact) mass is 504 g/mol. The lowest BCUT2D eigenvalue weighted by molar-refractivity contribution is -0.138. The number of hydrogen-bond donors (Lipinski definition) is 2. The van der Waals surface area contributed by atoms with Crippen LogP contribution in [-0.4, -0.2) is 31.2 Å². The number of hydroxylamine groups is 1. The molecule has 2 rings (SSSR count). The van der Waals surface area contributed by atoms with E-state index in [-0.39, 0.29) is 42.2 Å². The van der Waals surface area contributed by atoms with E-state index in [0.29, 0.717) is 0 Å². The van der Waals surface area contributed by atoms with Gasteiger partial charge in [-0.15, -0.1) is 0 Å². The van der Waals surface area contributed by atoms with Gasteiger partial charge < -0.3 is 10.1 Å². The van der Waals surface area contributed by atoms with E-state index in [1.54, 1.807) is 6.92 Å². The van der Waals surface area contributed by atoms with Crippen molar-refractivity contribution in [3.05, 3.63) is 70.9 Å². The standard InChI is InChI=1S/C23H22F6N2O4/c1-2-35-31-21(33)19(14-15-4-8-17(9-5-15)23(27,28)29)30-20(32)16-6-10-18(11-7-16)34-13-3-12-22(24,25)26/h4-11,14H,2-3,12-13H2,1H3,(H,30,32)(H,31,33). The van der Waals surface area contributed by atoms with Crippen molar-refractivity contribution in [1.29, 1.82) is 0 Å². The quantitative estimate of drug-likeness (QED) is 0.200. The Hall–Kier alpha value is -3.54. The van der Waals surface area contributed by atoms with Crippen molar-refractivity contribution in [2.45, 2.75) is 32.1 Å². The van der Waals surface area contributed by atoms with Gasteiger partial charge in [0.1, 0.15) is 11.4 Å². The van der Waals surface area contributed by atoms with E-state index in [2.05, 4.69) is 10.8 Å². The number of hydrogen-bond acceptors (Lipinski definition) is 4. The molecule has 0 aliphatic carbocycles. The molecule has 0 saturated heterocycles. The molecule has 0 heterocycles. The zero-order chi connectivity index (χ0) is 26.1. The van der Waals surface area contributed by atoms with Crippen molar-refractivity contribution in [3.63, 3.8) is 0 Å². The van der Waals surface area contributed by atoms with Gasteiger partial charge in [0.15, 0.2) is 0 Å². The Labute approximate surface area is 196 Å². The van der Waals surface area contributed by atoms with Crippen LogP contribution < -0.4 is 15.5 Å². The van der Waals surface area contributed by atoms with Crippen molar-refractivity contribution in [2.75, 3.05) is 13.2 Å². The first-order valence-corrected chi connectivity index (χ1v) is 10.3. The van der Waals surface area contributed by atoms with E-state index >= 15 is 0 Å². The predicted octanol–water partition coefficient (Wildman–Crippen LogP) is 5.27. The number of halogens is 6. The van der Waals surface area contributed by atoms with Gasteiger partial charge in [0.25, 0.3) is 11.8 Å². The topological polar surface area (TPSA) is 76.7 Å². The molecule has 2 aromatic carbocycles. The predicted molar refractivity (Wildman–Crippen MR) is 114 cm³/mol. The highest BCUT2D eigenvalue weighted by atomic mass is 19.4. The van der Waals surface area contributed by atoms with Crippen LogP contribution >= 0.6 is 0 Å². The van der Waals surface area contributed by atoms with E-state index in [1.165, 1.54) is 30.3 Å². The number of alkyl halides is 6. The molecule has 0 aromatic heterocycles. The van der Waals surface area contributed by atoms with Crippen LogP contribution in [0.2, 0.25) is 0 Å². The minimum Gasteiger partial charge on any atom is -0.494 e. The zero-order valence-electron chi connectivity index (χ0n) is 18.4. The fourth-order valence-corrected chi connectivity index (χ4v) is 2.65. The van der Waals surface area contributed by atoms with Crippen LogP contribution in [-0.2, 0) is 15.8 Å². The molecule has 0 radical (unpaired) electrons. The minimum atomic E-state index is -4.53. The number of carbonyl (C=O) groups excluding carboxylic acids is 2. The summed E-state index contributed by atoms with van der Waals surface area (Å²) in [6.07, 6.45) is -8.83. The van der Waals surface area contributed by atoms with E-state index in [9.17, 15) is 35.9 Å². The lowest BCUT2D eigenvalue weighted by atomic mass is 10.1. The molecule has 0 saturated carbocycles. The second kappa shape index (κ2) is 12.2. The molecule has 190 valence electrons. The first-order chi connectivity index (χ1) is 16.4. The summed E-state index contributed by atoms with van der Waals surface area (Å²) >= 11 is 0. The minimum absolute atomic E-state index is 0.0928. The number of ether oxygens (including phenoxy) is 1. The molecule has 12 heteroatoms. The third kappa shape index (κ3) is 9.69. The highest BCUT2D eigenvalue weighted by Gasteiger charge is 2.30. The maximum absolute atomic E-state index is 12.8. The van der Waals surface area contributed by atoms with Crippen LogP contribution in [0.15, 0.2) is 54.2 Å². The fraction of sp³-hybridized carbons (Fsp3) is 0.304.